The molecular formula is C13H17BrN2O. The molecule has 1 aromatic carbocycles. The maximum Gasteiger partial charge on any atom is 0.253 e. The Labute approximate surface area is 110 Å². The highest BCUT2D eigenvalue weighted by Gasteiger charge is 2.30. The third-order valence-electron chi connectivity index (χ3n) is 3.38. The number of carbonyl (C=O) groups excluding carboxylic acids is 1. The fourth-order valence-electron chi connectivity index (χ4n) is 2.35. The van der Waals surface area contributed by atoms with Gasteiger partial charge in [0.15, 0.2) is 0 Å². The molecule has 92 valence electrons. The predicted octanol–water partition coefficient (Wildman–Crippen LogP) is 3.09. The van der Waals surface area contributed by atoms with Gasteiger partial charge in [0.2, 0.25) is 0 Å². The first-order valence-electron chi connectivity index (χ1n) is 5.88. The Bertz CT molecular complexity index is 439. The average molecular weight is 297 g/mol. The first-order valence-corrected chi connectivity index (χ1v) is 6.67. The summed E-state index contributed by atoms with van der Waals surface area (Å²) in [6.45, 7) is 2.10. The normalized spacial score (nSPS) is 18.0. The highest BCUT2D eigenvalue weighted by Crippen LogP contribution is 2.29. The molecule has 3 N–H and O–H groups in total. The van der Waals surface area contributed by atoms with Crippen molar-refractivity contribution in [2.45, 2.75) is 38.1 Å². The third-order valence-corrected chi connectivity index (χ3v) is 3.88. The van der Waals surface area contributed by atoms with Crippen molar-refractivity contribution < 1.29 is 4.79 Å². The van der Waals surface area contributed by atoms with Crippen LogP contribution in [0.25, 0.3) is 0 Å². The maximum absolute atomic E-state index is 12.2. The topological polar surface area (TPSA) is 55.1 Å². The largest absolute Gasteiger partial charge is 0.398 e. The Morgan fingerprint density at radius 2 is 2.06 bits per heavy atom. The highest BCUT2D eigenvalue weighted by atomic mass is 79.9. The lowest BCUT2D eigenvalue weighted by Crippen LogP contribution is -2.43. The number of nitrogens with two attached hydrogens (primary N) is 1. The third kappa shape index (κ3) is 2.80. The van der Waals surface area contributed by atoms with Gasteiger partial charge in [-0.2, -0.15) is 0 Å². The Balaban J connectivity index is 2.17. The van der Waals surface area contributed by atoms with E-state index in [1.165, 1.54) is 12.8 Å². The molecule has 1 aliphatic carbocycles. The molecule has 1 fully saturated rings. The van der Waals surface area contributed by atoms with Crippen LogP contribution < -0.4 is 11.1 Å². The summed E-state index contributed by atoms with van der Waals surface area (Å²) in [6, 6.07) is 5.35. The van der Waals surface area contributed by atoms with Crippen molar-refractivity contribution in [1.82, 2.24) is 5.32 Å². The van der Waals surface area contributed by atoms with Gasteiger partial charge in [-0.1, -0.05) is 28.8 Å². The summed E-state index contributed by atoms with van der Waals surface area (Å²) in [5.41, 5.74) is 6.83. The second-order valence-corrected chi connectivity index (χ2v) is 5.87. The minimum atomic E-state index is -0.0757. The zero-order valence-electron chi connectivity index (χ0n) is 9.92. The van der Waals surface area contributed by atoms with Crippen molar-refractivity contribution in [2.75, 3.05) is 5.73 Å². The Morgan fingerprint density at radius 1 is 1.41 bits per heavy atom. The molecule has 1 aromatic rings. The van der Waals surface area contributed by atoms with E-state index in [9.17, 15) is 4.79 Å². The van der Waals surface area contributed by atoms with Crippen molar-refractivity contribution in [3.63, 3.8) is 0 Å². The van der Waals surface area contributed by atoms with Gasteiger partial charge in [0.1, 0.15) is 0 Å². The fourth-order valence-corrected chi connectivity index (χ4v) is 2.71. The molecule has 2 rings (SSSR count). The predicted molar refractivity (Wildman–Crippen MR) is 72.9 cm³/mol. The van der Waals surface area contributed by atoms with Crippen LogP contribution in [0.4, 0.5) is 5.69 Å². The van der Waals surface area contributed by atoms with E-state index < -0.39 is 0 Å². The second kappa shape index (κ2) is 4.69. The van der Waals surface area contributed by atoms with Crippen molar-refractivity contribution in [3.8, 4) is 0 Å². The van der Waals surface area contributed by atoms with Crippen molar-refractivity contribution in [1.29, 1.82) is 0 Å². The first kappa shape index (κ1) is 12.4. The highest BCUT2D eigenvalue weighted by molar-refractivity contribution is 9.10. The van der Waals surface area contributed by atoms with Crippen molar-refractivity contribution in [2.24, 2.45) is 0 Å². The van der Waals surface area contributed by atoms with E-state index >= 15 is 0 Å². The van der Waals surface area contributed by atoms with Crippen LogP contribution in [0.15, 0.2) is 22.7 Å². The van der Waals surface area contributed by atoms with Crippen LogP contribution in [-0.2, 0) is 0 Å². The monoisotopic (exact) mass is 296 g/mol. The van der Waals surface area contributed by atoms with Crippen LogP contribution in [0.3, 0.4) is 0 Å². The molecule has 0 unspecified atom stereocenters. The molecule has 0 aromatic heterocycles. The van der Waals surface area contributed by atoms with Crippen LogP contribution in [-0.4, -0.2) is 11.4 Å². The fraction of sp³-hybridized carbons (Fsp3) is 0.462. The number of carbonyl (C=O) groups is 1. The Hall–Kier alpha value is -1.03. The van der Waals surface area contributed by atoms with E-state index in [0.29, 0.717) is 11.3 Å². The Kier molecular flexibility index (Phi) is 3.43. The van der Waals surface area contributed by atoms with E-state index in [1.807, 2.05) is 6.07 Å². The summed E-state index contributed by atoms with van der Waals surface area (Å²) in [5.74, 6) is -0.0757. The number of benzene rings is 1. The number of amides is 1. The molecule has 0 atom stereocenters. The Morgan fingerprint density at radius 3 is 2.71 bits per heavy atom. The van der Waals surface area contributed by atoms with E-state index in [0.717, 1.165) is 17.3 Å². The number of halogens is 1. The van der Waals surface area contributed by atoms with Gasteiger partial charge in [0, 0.05) is 15.7 Å². The molecule has 3 nitrogen and oxygen atoms in total. The maximum atomic E-state index is 12.2. The minimum absolute atomic E-state index is 0.0636. The van der Waals surface area contributed by atoms with Gasteiger partial charge < -0.3 is 11.1 Å². The van der Waals surface area contributed by atoms with E-state index in [-0.39, 0.29) is 11.4 Å². The molecule has 0 aliphatic heterocycles. The van der Waals surface area contributed by atoms with E-state index in [2.05, 4.69) is 28.2 Å². The van der Waals surface area contributed by atoms with Crippen LogP contribution in [0.2, 0.25) is 0 Å². The molecule has 0 bridgehead atoms. The van der Waals surface area contributed by atoms with Gasteiger partial charge in [-0.3, -0.25) is 4.79 Å². The molecule has 1 aliphatic rings. The van der Waals surface area contributed by atoms with E-state index in [1.54, 1.807) is 12.1 Å². The molecule has 17 heavy (non-hydrogen) atoms. The molecule has 1 saturated carbocycles. The van der Waals surface area contributed by atoms with Crippen LogP contribution in [0.5, 0.6) is 0 Å². The summed E-state index contributed by atoms with van der Waals surface area (Å²) in [6.07, 6.45) is 4.47. The van der Waals surface area contributed by atoms with E-state index in [4.69, 9.17) is 5.73 Å². The summed E-state index contributed by atoms with van der Waals surface area (Å²) in [5, 5.41) is 3.10. The zero-order valence-corrected chi connectivity index (χ0v) is 11.5. The van der Waals surface area contributed by atoms with Crippen LogP contribution in [0, 0.1) is 0 Å². The summed E-state index contributed by atoms with van der Waals surface area (Å²) in [4.78, 5) is 12.2. The number of nitrogens with one attached hydrogen (secondary N) is 1. The van der Waals surface area contributed by atoms with Gasteiger partial charge in [-0.15, -0.1) is 0 Å². The zero-order chi connectivity index (χ0) is 12.5. The molecule has 4 heteroatoms. The smallest absolute Gasteiger partial charge is 0.253 e. The number of hydrogen-bond acceptors (Lipinski definition) is 2. The first-order chi connectivity index (χ1) is 8.00. The molecule has 0 spiro atoms. The lowest BCUT2D eigenvalue weighted by molar-refractivity contribution is 0.0909. The average Bonchev–Trinajstić information content (AvgIpc) is 2.68. The standard InChI is InChI=1S/C13H17BrN2O/c1-13(6-2-3-7-13)16-12(17)10-8-9(14)4-5-11(10)15/h4-5,8H,2-3,6-7,15H2,1H3,(H,16,17). The minimum Gasteiger partial charge on any atom is -0.398 e. The van der Waals surface area contributed by atoms with Crippen molar-refractivity contribution >= 4 is 27.5 Å². The summed E-state index contributed by atoms with van der Waals surface area (Å²) >= 11 is 3.36. The van der Waals surface area contributed by atoms with Gasteiger partial charge in [0.25, 0.3) is 5.91 Å². The second-order valence-electron chi connectivity index (χ2n) is 4.95. The quantitative estimate of drug-likeness (QED) is 0.824. The molecule has 1 amide bonds. The number of nitrogen functional groups attached to an aromatic ring is 1. The lowest BCUT2D eigenvalue weighted by atomic mass is 10.00. The molecule has 0 heterocycles. The van der Waals surface area contributed by atoms with Gasteiger partial charge >= 0.3 is 0 Å². The summed E-state index contributed by atoms with van der Waals surface area (Å²) < 4.78 is 0.869. The van der Waals surface area contributed by atoms with Gasteiger partial charge in [0.05, 0.1) is 5.56 Å². The van der Waals surface area contributed by atoms with Gasteiger partial charge in [-0.25, -0.2) is 0 Å². The SMILES string of the molecule is CC1(NC(=O)c2cc(Br)ccc2N)CCCC1. The van der Waals surface area contributed by atoms with Crippen LogP contribution in [0.1, 0.15) is 43.0 Å². The number of anilines is 1. The lowest BCUT2D eigenvalue weighted by Gasteiger charge is -2.25. The summed E-state index contributed by atoms with van der Waals surface area (Å²) in [7, 11) is 0. The number of hydrogen-bond donors (Lipinski definition) is 2. The van der Waals surface area contributed by atoms with Crippen LogP contribution >= 0.6 is 15.9 Å². The molecule has 0 saturated heterocycles. The van der Waals surface area contributed by atoms with Crippen molar-refractivity contribution in [3.05, 3.63) is 28.2 Å². The van der Waals surface area contributed by atoms with Gasteiger partial charge in [-0.05, 0) is 38.0 Å². The molecular weight excluding hydrogens is 280 g/mol. The number of rotatable bonds is 2. The molecule has 0 radical (unpaired) electrons.